The second-order valence-electron chi connectivity index (χ2n) is 6.13. The lowest BCUT2D eigenvalue weighted by molar-refractivity contribution is -0.138. The molecule has 3 rings (SSSR count). The van der Waals surface area contributed by atoms with Crippen molar-refractivity contribution in [2.24, 2.45) is 0 Å². The SMILES string of the molecule is CC(=O)Nc1cc(C(F)(F)F)cc2c1CN(C1CCC(=O)NC1=O)C2=O. The van der Waals surface area contributed by atoms with Gasteiger partial charge in [0.05, 0.1) is 5.56 Å². The van der Waals surface area contributed by atoms with Crippen molar-refractivity contribution in [3.8, 4) is 0 Å². The fraction of sp³-hybridized carbons (Fsp3) is 0.375. The zero-order chi connectivity index (χ0) is 19.2. The number of imide groups is 1. The van der Waals surface area contributed by atoms with Crippen LogP contribution < -0.4 is 10.6 Å². The third-order valence-corrected chi connectivity index (χ3v) is 4.29. The number of halogens is 3. The molecule has 1 saturated heterocycles. The maximum atomic E-state index is 13.1. The number of anilines is 1. The highest BCUT2D eigenvalue weighted by atomic mass is 19.4. The van der Waals surface area contributed by atoms with Crippen LogP contribution in [0.3, 0.4) is 0 Å². The highest BCUT2D eigenvalue weighted by Gasteiger charge is 2.42. The van der Waals surface area contributed by atoms with Crippen molar-refractivity contribution in [3.63, 3.8) is 0 Å². The molecule has 26 heavy (non-hydrogen) atoms. The maximum Gasteiger partial charge on any atom is 0.416 e. The summed E-state index contributed by atoms with van der Waals surface area (Å²) in [4.78, 5) is 48.3. The molecule has 1 fully saturated rings. The second kappa shape index (κ2) is 6.11. The molecular formula is C16H14F3N3O4. The first-order valence-electron chi connectivity index (χ1n) is 7.74. The molecule has 2 heterocycles. The zero-order valence-corrected chi connectivity index (χ0v) is 13.6. The molecule has 10 heteroatoms. The van der Waals surface area contributed by atoms with E-state index in [0.717, 1.165) is 24.0 Å². The number of piperidine rings is 1. The molecule has 0 spiro atoms. The van der Waals surface area contributed by atoms with Gasteiger partial charge in [0.2, 0.25) is 17.7 Å². The Bertz CT molecular complexity index is 835. The number of amides is 4. The van der Waals surface area contributed by atoms with Crippen LogP contribution in [0.1, 0.15) is 41.3 Å². The fourth-order valence-corrected chi connectivity index (χ4v) is 3.13. The van der Waals surface area contributed by atoms with Crippen LogP contribution in [0.2, 0.25) is 0 Å². The smallest absolute Gasteiger partial charge is 0.326 e. The first-order chi connectivity index (χ1) is 12.1. The molecule has 2 aliphatic rings. The molecule has 0 radical (unpaired) electrons. The van der Waals surface area contributed by atoms with E-state index in [2.05, 4.69) is 10.6 Å². The topological polar surface area (TPSA) is 95.6 Å². The van der Waals surface area contributed by atoms with Gasteiger partial charge >= 0.3 is 6.18 Å². The van der Waals surface area contributed by atoms with E-state index in [1.165, 1.54) is 0 Å². The Balaban J connectivity index is 2.01. The fourth-order valence-electron chi connectivity index (χ4n) is 3.13. The molecule has 1 unspecified atom stereocenters. The molecule has 138 valence electrons. The molecule has 1 atom stereocenters. The molecule has 2 aliphatic heterocycles. The van der Waals surface area contributed by atoms with E-state index in [1.807, 2.05) is 0 Å². The van der Waals surface area contributed by atoms with Gasteiger partial charge in [0, 0.05) is 36.7 Å². The van der Waals surface area contributed by atoms with Crippen LogP contribution in [-0.2, 0) is 27.1 Å². The van der Waals surface area contributed by atoms with Gasteiger partial charge in [-0.2, -0.15) is 13.2 Å². The van der Waals surface area contributed by atoms with Crippen LogP contribution in [0.25, 0.3) is 0 Å². The van der Waals surface area contributed by atoms with Crippen molar-refractivity contribution in [2.75, 3.05) is 5.32 Å². The first kappa shape index (κ1) is 17.9. The van der Waals surface area contributed by atoms with Crippen LogP contribution in [0, 0.1) is 0 Å². The number of benzene rings is 1. The lowest BCUT2D eigenvalue weighted by Gasteiger charge is -2.29. The summed E-state index contributed by atoms with van der Waals surface area (Å²) >= 11 is 0. The van der Waals surface area contributed by atoms with E-state index < -0.39 is 41.4 Å². The van der Waals surface area contributed by atoms with Gasteiger partial charge in [0.1, 0.15) is 6.04 Å². The molecule has 0 bridgehead atoms. The summed E-state index contributed by atoms with van der Waals surface area (Å²) in [7, 11) is 0. The summed E-state index contributed by atoms with van der Waals surface area (Å²) in [6.45, 7) is 1.01. The van der Waals surface area contributed by atoms with Crippen molar-refractivity contribution in [2.45, 2.75) is 38.5 Å². The second-order valence-corrected chi connectivity index (χ2v) is 6.13. The normalized spacial score (nSPS) is 20.1. The van der Waals surface area contributed by atoms with Crippen LogP contribution in [0.5, 0.6) is 0 Å². The number of fused-ring (bicyclic) bond motifs is 1. The van der Waals surface area contributed by atoms with E-state index in [9.17, 15) is 32.3 Å². The molecule has 1 aromatic rings. The number of carbonyl (C=O) groups is 4. The van der Waals surface area contributed by atoms with Gasteiger partial charge < -0.3 is 10.2 Å². The van der Waals surface area contributed by atoms with Crippen LogP contribution in [0.4, 0.5) is 18.9 Å². The van der Waals surface area contributed by atoms with E-state index in [-0.39, 0.29) is 36.2 Å². The van der Waals surface area contributed by atoms with Crippen LogP contribution in [0.15, 0.2) is 12.1 Å². The largest absolute Gasteiger partial charge is 0.416 e. The number of hydrogen-bond acceptors (Lipinski definition) is 4. The predicted molar refractivity (Wildman–Crippen MR) is 81.8 cm³/mol. The summed E-state index contributed by atoms with van der Waals surface area (Å²) in [5, 5.41) is 4.42. The maximum absolute atomic E-state index is 13.1. The number of nitrogens with zero attached hydrogens (tertiary/aromatic N) is 1. The van der Waals surface area contributed by atoms with E-state index >= 15 is 0 Å². The molecule has 7 nitrogen and oxygen atoms in total. The Morgan fingerprint density at radius 2 is 1.96 bits per heavy atom. The minimum Gasteiger partial charge on any atom is -0.326 e. The number of rotatable bonds is 2. The summed E-state index contributed by atoms with van der Waals surface area (Å²) in [5.41, 5.74) is -1.19. The van der Waals surface area contributed by atoms with Crippen molar-refractivity contribution < 1.29 is 32.3 Å². The summed E-state index contributed by atoms with van der Waals surface area (Å²) in [5.74, 6) is -2.46. The number of hydrogen-bond donors (Lipinski definition) is 2. The molecular weight excluding hydrogens is 355 g/mol. The molecule has 2 N–H and O–H groups in total. The molecule has 0 saturated carbocycles. The van der Waals surface area contributed by atoms with Crippen molar-refractivity contribution in [3.05, 3.63) is 28.8 Å². The first-order valence-corrected chi connectivity index (χ1v) is 7.74. The summed E-state index contributed by atoms with van der Waals surface area (Å²) in [6, 6.07) is 0.531. The van der Waals surface area contributed by atoms with Crippen molar-refractivity contribution >= 4 is 29.3 Å². The third-order valence-electron chi connectivity index (χ3n) is 4.29. The highest BCUT2D eigenvalue weighted by molar-refractivity contribution is 6.06. The molecule has 4 amide bonds. The summed E-state index contributed by atoms with van der Waals surface area (Å²) < 4.78 is 39.4. The van der Waals surface area contributed by atoms with Gasteiger partial charge in [-0.15, -0.1) is 0 Å². The van der Waals surface area contributed by atoms with E-state index in [4.69, 9.17) is 0 Å². The third kappa shape index (κ3) is 3.14. The molecule has 0 aromatic heterocycles. The lowest BCUT2D eigenvalue weighted by Crippen LogP contribution is -2.52. The Labute approximate surface area is 145 Å². The Morgan fingerprint density at radius 1 is 1.27 bits per heavy atom. The number of carbonyl (C=O) groups excluding carboxylic acids is 4. The minimum atomic E-state index is -4.70. The Kier molecular flexibility index (Phi) is 4.21. The quantitative estimate of drug-likeness (QED) is 0.771. The van der Waals surface area contributed by atoms with E-state index in [0.29, 0.717) is 0 Å². The van der Waals surface area contributed by atoms with Gasteiger partial charge in [-0.25, -0.2) is 0 Å². The van der Waals surface area contributed by atoms with Gasteiger partial charge in [0.25, 0.3) is 5.91 Å². The molecule has 1 aromatic carbocycles. The van der Waals surface area contributed by atoms with Crippen molar-refractivity contribution in [1.82, 2.24) is 10.2 Å². The number of alkyl halides is 3. The standard InChI is InChI=1S/C16H14F3N3O4/c1-7(23)20-11-5-8(16(17,18)19)4-9-10(11)6-22(15(9)26)12-2-3-13(24)21-14(12)25/h4-5,12H,2-3,6H2,1H3,(H,20,23)(H,21,24,25). The van der Waals surface area contributed by atoms with Gasteiger partial charge in [0.15, 0.2) is 0 Å². The molecule has 0 aliphatic carbocycles. The van der Waals surface area contributed by atoms with Crippen LogP contribution in [-0.4, -0.2) is 34.6 Å². The average Bonchev–Trinajstić information content (AvgIpc) is 2.83. The minimum absolute atomic E-state index is 0.0306. The Morgan fingerprint density at radius 3 is 2.54 bits per heavy atom. The monoisotopic (exact) mass is 369 g/mol. The van der Waals surface area contributed by atoms with Gasteiger partial charge in [-0.05, 0) is 18.6 Å². The zero-order valence-electron chi connectivity index (χ0n) is 13.6. The van der Waals surface area contributed by atoms with Gasteiger partial charge in [-0.1, -0.05) is 0 Å². The lowest BCUT2D eigenvalue weighted by atomic mass is 10.0. The predicted octanol–water partition coefficient (Wildman–Crippen LogP) is 1.42. The van der Waals surface area contributed by atoms with Gasteiger partial charge in [-0.3, -0.25) is 24.5 Å². The average molecular weight is 369 g/mol. The van der Waals surface area contributed by atoms with Crippen LogP contribution >= 0.6 is 0 Å². The highest BCUT2D eigenvalue weighted by Crippen LogP contribution is 2.38. The van der Waals surface area contributed by atoms with Crippen molar-refractivity contribution in [1.29, 1.82) is 0 Å². The Hall–Kier alpha value is -2.91. The van der Waals surface area contributed by atoms with E-state index in [1.54, 1.807) is 0 Å². The number of nitrogens with one attached hydrogen (secondary N) is 2. The summed E-state index contributed by atoms with van der Waals surface area (Å²) in [6.07, 6.45) is -4.58.